The van der Waals surface area contributed by atoms with Gasteiger partial charge in [-0.2, -0.15) is 0 Å². The van der Waals surface area contributed by atoms with E-state index in [-0.39, 0.29) is 0 Å². The van der Waals surface area contributed by atoms with Crippen LogP contribution in [0.5, 0.6) is 0 Å². The van der Waals surface area contributed by atoms with E-state index < -0.39 is 0 Å². The Bertz CT molecular complexity index is 340. The Labute approximate surface area is 105 Å². The molecule has 1 aliphatic heterocycles. The van der Waals surface area contributed by atoms with Crippen molar-refractivity contribution in [1.29, 1.82) is 0 Å². The standard InChI is InChI=1S/C16H23N/c1-2-8-14(9-3-1)15-10-4-5-11-16(15)17-12-6-7-13-17/h1-3,8-9,15-16H,4-7,10-13H2/t15-,16-/m1/s1. The number of benzene rings is 1. The maximum atomic E-state index is 2.76. The van der Waals surface area contributed by atoms with Crippen LogP contribution in [0.3, 0.4) is 0 Å². The van der Waals surface area contributed by atoms with Gasteiger partial charge in [-0.25, -0.2) is 0 Å². The lowest BCUT2D eigenvalue weighted by molar-refractivity contribution is 0.166. The number of hydrogen-bond acceptors (Lipinski definition) is 1. The number of nitrogens with zero attached hydrogens (tertiary/aromatic N) is 1. The highest BCUT2D eigenvalue weighted by atomic mass is 15.2. The molecule has 2 aliphatic rings. The summed E-state index contributed by atoms with van der Waals surface area (Å²) in [6.07, 6.45) is 8.50. The Morgan fingerprint density at radius 3 is 2.29 bits per heavy atom. The minimum absolute atomic E-state index is 0.794. The van der Waals surface area contributed by atoms with Crippen LogP contribution >= 0.6 is 0 Å². The van der Waals surface area contributed by atoms with Crippen LogP contribution in [0.4, 0.5) is 0 Å². The topological polar surface area (TPSA) is 3.24 Å². The molecule has 0 aromatic heterocycles. The molecule has 0 bridgehead atoms. The van der Waals surface area contributed by atoms with E-state index in [1.165, 1.54) is 51.6 Å². The lowest BCUT2D eigenvalue weighted by Crippen LogP contribution is -2.39. The Morgan fingerprint density at radius 1 is 0.824 bits per heavy atom. The van der Waals surface area contributed by atoms with Crippen LogP contribution in [-0.4, -0.2) is 24.0 Å². The molecule has 1 saturated heterocycles. The van der Waals surface area contributed by atoms with Gasteiger partial charge in [0.15, 0.2) is 0 Å². The molecule has 1 aromatic carbocycles. The molecule has 1 heterocycles. The summed E-state index contributed by atoms with van der Waals surface area (Å²) < 4.78 is 0. The summed E-state index contributed by atoms with van der Waals surface area (Å²) in [5.74, 6) is 0.794. The molecule has 17 heavy (non-hydrogen) atoms. The molecule has 1 nitrogen and oxygen atoms in total. The van der Waals surface area contributed by atoms with Gasteiger partial charge < -0.3 is 0 Å². The van der Waals surface area contributed by atoms with Crippen molar-refractivity contribution in [1.82, 2.24) is 4.90 Å². The van der Waals surface area contributed by atoms with Gasteiger partial charge in [0.25, 0.3) is 0 Å². The van der Waals surface area contributed by atoms with Gasteiger partial charge in [0.2, 0.25) is 0 Å². The van der Waals surface area contributed by atoms with Gasteiger partial charge in [0.05, 0.1) is 0 Å². The van der Waals surface area contributed by atoms with Crippen LogP contribution in [0.2, 0.25) is 0 Å². The smallest absolute Gasteiger partial charge is 0.0164 e. The fourth-order valence-corrected chi connectivity index (χ4v) is 3.71. The van der Waals surface area contributed by atoms with E-state index in [1.54, 1.807) is 5.56 Å². The second kappa shape index (κ2) is 5.22. The molecule has 3 rings (SSSR count). The predicted octanol–water partition coefficient (Wildman–Crippen LogP) is 3.81. The lowest BCUT2D eigenvalue weighted by Gasteiger charge is -2.38. The maximum absolute atomic E-state index is 2.76. The number of hydrogen-bond donors (Lipinski definition) is 0. The van der Waals surface area contributed by atoms with E-state index in [1.807, 2.05) is 0 Å². The zero-order chi connectivity index (χ0) is 11.5. The van der Waals surface area contributed by atoms with Crippen LogP contribution in [-0.2, 0) is 0 Å². The molecular weight excluding hydrogens is 206 g/mol. The molecule has 1 aliphatic carbocycles. The van der Waals surface area contributed by atoms with Gasteiger partial charge in [-0.1, -0.05) is 43.2 Å². The molecule has 0 radical (unpaired) electrons. The highest BCUT2D eigenvalue weighted by Gasteiger charge is 2.32. The summed E-state index contributed by atoms with van der Waals surface area (Å²) in [6, 6.07) is 12.0. The SMILES string of the molecule is c1ccc([C@H]2CCCC[C@H]2N2CCCC2)cc1. The van der Waals surface area contributed by atoms with Crippen LogP contribution < -0.4 is 0 Å². The Balaban J connectivity index is 1.80. The zero-order valence-corrected chi connectivity index (χ0v) is 10.6. The zero-order valence-electron chi connectivity index (χ0n) is 10.6. The first-order valence-electron chi connectivity index (χ1n) is 7.24. The second-order valence-electron chi connectivity index (χ2n) is 5.61. The molecule has 0 amide bonds. The van der Waals surface area contributed by atoms with Crippen molar-refractivity contribution in [3.05, 3.63) is 35.9 Å². The maximum Gasteiger partial charge on any atom is 0.0164 e. The third-order valence-corrected chi connectivity index (χ3v) is 4.57. The minimum atomic E-state index is 0.794. The van der Waals surface area contributed by atoms with E-state index in [9.17, 15) is 0 Å². The molecule has 1 aromatic rings. The second-order valence-corrected chi connectivity index (χ2v) is 5.61. The molecule has 2 fully saturated rings. The lowest BCUT2D eigenvalue weighted by atomic mass is 9.79. The quantitative estimate of drug-likeness (QED) is 0.745. The van der Waals surface area contributed by atoms with Gasteiger partial charge in [-0.3, -0.25) is 4.90 Å². The monoisotopic (exact) mass is 229 g/mol. The van der Waals surface area contributed by atoms with Gasteiger partial charge in [-0.15, -0.1) is 0 Å². The van der Waals surface area contributed by atoms with Crippen molar-refractivity contribution >= 4 is 0 Å². The van der Waals surface area contributed by atoms with Crippen molar-refractivity contribution in [3.63, 3.8) is 0 Å². The molecule has 2 atom stereocenters. The molecule has 1 saturated carbocycles. The van der Waals surface area contributed by atoms with Gasteiger partial charge in [-0.05, 0) is 50.3 Å². The van der Waals surface area contributed by atoms with E-state index in [4.69, 9.17) is 0 Å². The highest BCUT2D eigenvalue weighted by Crippen LogP contribution is 2.37. The largest absolute Gasteiger partial charge is 0.300 e. The van der Waals surface area contributed by atoms with E-state index in [0.717, 1.165) is 12.0 Å². The first-order chi connectivity index (χ1) is 8.45. The first kappa shape index (κ1) is 11.3. The molecule has 92 valence electrons. The van der Waals surface area contributed by atoms with E-state index in [0.29, 0.717) is 0 Å². The van der Waals surface area contributed by atoms with Gasteiger partial charge in [0, 0.05) is 6.04 Å². The molecule has 0 unspecified atom stereocenters. The van der Waals surface area contributed by atoms with Crippen molar-refractivity contribution in [3.8, 4) is 0 Å². The summed E-state index contributed by atoms with van der Waals surface area (Å²) >= 11 is 0. The normalized spacial score (nSPS) is 30.6. The molecule has 0 spiro atoms. The van der Waals surface area contributed by atoms with Gasteiger partial charge >= 0.3 is 0 Å². The highest BCUT2D eigenvalue weighted by molar-refractivity contribution is 5.22. The average molecular weight is 229 g/mol. The van der Waals surface area contributed by atoms with Crippen molar-refractivity contribution in [2.24, 2.45) is 0 Å². The van der Waals surface area contributed by atoms with Crippen molar-refractivity contribution in [2.45, 2.75) is 50.5 Å². The Hall–Kier alpha value is -0.820. The van der Waals surface area contributed by atoms with Crippen LogP contribution in [0.15, 0.2) is 30.3 Å². The molecule has 0 N–H and O–H groups in total. The van der Waals surface area contributed by atoms with Gasteiger partial charge in [0.1, 0.15) is 0 Å². The Morgan fingerprint density at radius 2 is 1.53 bits per heavy atom. The molecular formula is C16H23N. The van der Waals surface area contributed by atoms with Crippen molar-refractivity contribution < 1.29 is 0 Å². The summed E-state index contributed by atoms with van der Waals surface area (Å²) in [6.45, 7) is 2.68. The van der Waals surface area contributed by atoms with Crippen LogP contribution in [0.1, 0.15) is 50.0 Å². The van der Waals surface area contributed by atoms with Crippen LogP contribution in [0.25, 0.3) is 0 Å². The minimum Gasteiger partial charge on any atom is -0.300 e. The van der Waals surface area contributed by atoms with E-state index >= 15 is 0 Å². The number of likely N-dealkylation sites (tertiary alicyclic amines) is 1. The fraction of sp³-hybridized carbons (Fsp3) is 0.625. The van der Waals surface area contributed by atoms with E-state index in [2.05, 4.69) is 35.2 Å². The summed E-state index contributed by atoms with van der Waals surface area (Å²) in [4.78, 5) is 2.76. The number of rotatable bonds is 2. The first-order valence-corrected chi connectivity index (χ1v) is 7.24. The predicted molar refractivity (Wildman–Crippen MR) is 72.2 cm³/mol. The fourth-order valence-electron chi connectivity index (χ4n) is 3.71. The summed E-state index contributed by atoms with van der Waals surface area (Å²) in [5.41, 5.74) is 1.57. The average Bonchev–Trinajstić information content (AvgIpc) is 2.94. The Kier molecular flexibility index (Phi) is 3.46. The summed E-state index contributed by atoms with van der Waals surface area (Å²) in [7, 11) is 0. The van der Waals surface area contributed by atoms with Crippen LogP contribution in [0, 0.1) is 0 Å². The third-order valence-electron chi connectivity index (χ3n) is 4.57. The third kappa shape index (κ3) is 2.40. The van der Waals surface area contributed by atoms with Crippen molar-refractivity contribution in [2.75, 3.05) is 13.1 Å². The molecule has 1 heteroatoms. The summed E-state index contributed by atoms with van der Waals surface area (Å²) in [5, 5.41) is 0.